The number of benzene rings is 1. The fourth-order valence-corrected chi connectivity index (χ4v) is 2.29. The number of hydrogen-bond donors (Lipinski definition) is 1. The van der Waals surface area contributed by atoms with Crippen molar-refractivity contribution in [3.05, 3.63) is 53.9 Å². The van der Waals surface area contributed by atoms with Gasteiger partial charge in [-0.25, -0.2) is 0 Å². The number of nitrogens with two attached hydrogens (primary N) is 1. The van der Waals surface area contributed by atoms with Gasteiger partial charge in [0, 0.05) is 37.9 Å². The Labute approximate surface area is 121 Å². The molecule has 2 N–H and O–H groups in total. The third-order valence-electron chi connectivity index (χ3n) is 3.34. The van der Waals surface area contributed by atoms with Crippen LogP contribution in [0.3, 0.4) is 0 Å². The van der Waals surface area contributed by atoms with Crippen molar-refractivity contribution < 1.29 is 0 Å². The van der Waals surface area contributed by atoms with Gasteiger partial charge in [-0.1, -0.05) is 30.3 Å². The van der Waals surface area contributed by atoms with E-state index in [1.54, 1.807) is 0 Å². The van der Waals surface area contributed by atoms with Gasteiger partial charge in [0.2, 0.25) is 0 Å². The van der Waals surface area contributed by atoms with Gasteiger partial charge in [-0.2, -0.15) is 5.10 Å². The van der Waals surface area contributed by atoms with Crippen molar-refractivity contribution in [1.82, 2.24) is 14.7 Å². The van der Waals surface area contributed by atoms with Crippen molar-refractivity contribution in [2.24, 2.45) is 5.73 Å². The molecular formula is C16H24N4. The fraction of sp³-hybridized carbons (Fsp3) is 0.438. The van der Waals surface area contributed by atoms with Crippen LogP contribution < -0.4 is 5.73 Å². The van der Waals surface area contributed by atoms with E-state index in [2.05, 4.69) is 53.5 Å². The number of aromatic nitrogens is 2. The monoisotopic (exact) mass is 272 g/mol. The lowest BCUT2D eigenvalue weighted by atomic mass is 10.2. The molecule has 1 aromatic carbocycles. The zero-order valence-electron chi connectivity index (χ0n) is 12.2. The number of nitrogens with zero attached hydrogens (tertiary/aromatic N) is 3. The first-order chi connectivity index (χ1) is 9.81. The summed E-state index contributed by atoms with van der Waals surface area (Å²) in [5, 5.41) is 4.34. The molecule has 1 heterocycles. The van der Waals surface area contributed by atoms with Crippen molar-refractivity contribution in [2.75, 3.05) is 13.1 Å². The van der Waals surface area contributed by atoms with Crippen molar-refractivity contribution in [2.45, 2.75) is 33.0 Å². The van der Waals surface area contributed by atoms with Gasteiger partial charge in [0.25, 0.3) is 0 Å². The second-order valence-electron chi connectivity index (χ2n) is 5.04. The van der Waals surface area contributed by atoms with E-state index >= 15 is 0 Å². The highest BCUT2D eigenvalue weighted by Gasteiger charge is 2.08. The quantitative estimate of drug-likeness (QED) is 0.802. The molecule has 0 amide bonds. The van der Waals surface area contributed by atoms with Gasteiger partial charge in [0.15, 0.2) is 0 Å². The minimum atomic E-state index is 0.736. The summed E-state index contributed by atoms with van der Waals surface area (Å²) in [5.41, 5.74) is 8.25. The van der Waals surface area contributed by atoms with Gasteiger partial charge in [0.05, 0.1) is 6.20 Å². The van der Waals surface area contributed by atoms with Crippen LogP contribution in [0.2, 0.25) is 0 Å². The van der Waals surface area contributed by atoms with Crippen LogP contribution in [0.1, 0.15) is 24.5 Å². The Balaban J connectivity index is 1.99. The molecule has 4 heteroatoms. The molecule has 0 spiro atoms. The lowest BCUT2D eigenvalue weighted by Crippen LogP contribution is -2.25. The molecule has 0 bridgehead atoms. The van der Waals surface area contributed by atoms with E-state index in [0.717, 1.165) is 39.1 Å². The smallest absolute Gasteiger partial charge is 0.0534 e. The zero-order valence-corrected chi connectivity index (χ0v) is 12.2. The van der Waals surface area contributed by atoms with Gasteiger partial charge >= 0.3 is 0 Å². The number of aryl methyl sites for hydroxylation is 1. The summed E-state index contributed by atoms with van der Waals surface area (Å²) >= 11 is 0. The minimum Gasteiger partial charge on any atom is -0.330 e. The molecule has 2 rings (SSSR count). The van der Waals surface area contributed by atoms with E-state index in [9.17, 15) is 0 Å². The molecule has 0 atom stereocenters. The maximum atomic E-state index is 5.65. The molecule has 1 aromatic heterocycles. The Morgan fingerprint density at radius 3 is 2.55 bits per heavy atom. The minimum absolute atomic E-state index is 0.736. The SMILES string of the molecule is CCn1cc(CN(CCCN)Cc2ccccc2)cn1. The van der Waals surface area contributed by atoms with E-state index in [4.69, 9.17) is 5.73 Å². The largest absolute Gasteiger partial charge is 0.330 e. The summed E-state index contributed by atoms with van der Waals surface area (Å²) in [5.74, 6) is 0. The highest BCUT2D eigenvalue weighted by molar-refractivity contribution is 5.15. The molecule has 0 fully saturated rings. The molecular weight excluding hydrogens is 248 g/mol. The standard InChI is InChI=1S/C16H24N4/c1-2-20-14-16(11-18-20)13-19(10-6-9-17)12-15-7-4-3-5-8-15/h3-5,7-8,11,14H,2,6,9-10,12-13,17H2,1H3. The van der Waals surface area contributed by atoms with Gasteiger partial charge in [-0.05, 0) is 25.5 Å². The highest BCUT2D eigenvalue weighted by atomic mass is 15.3. The second kappa shape index (κ2) is 7.82. The van der Waals surface area contributed by atoms with Gasteiger partial charge in [-0.3, -0.25) is 9.58 Å². The van der Waals surface area contributed by atoms with Crippen LogP contribution in [0.4, 0.5) is 0 Å². The maximum absolute atomic E-state index is 5.65. The molecule has 2 aromatic rings. The normalized spacial score (nSPS) is 11.2. The molecule has 0 aliphatic heterocycles. The molecule has 0 aliphatic carbocycles. The maximum Gasteiger partial charge on any atom is 0.0534 e. The first-order valence-electron chi connectivity index (χ1n) is 7.29. The molecule has 0 radical (unpaired) electrons. The van der Waals surface area contributed by atoms with Crippen molar-refractivity contribution in [1.29, 1.82) is 0 Å². The predicted molar refractivity (Wildman–Crippen MR) is 82.1 cm³/mol. The van der Waals surface area contributed by atoms with Crippen molar-refractivity contribution in [3.8, 4) is 0 Å². The van der Waals surface area contributed by atoms with E-state index in [1.807, 2.05) is 10.9 Å². The summed E-state index contributed by atoms with van der Waals surface area (Å²) in [6, 6.07) is 10.6. The first-order valence-corrected chi connectivity index (χ1v) is 7.29. The van der Waals surface area contributed by atoms with Gasteiger partial charge in [-0.15, -0.1) is 0 Å². The fourth-order valence-electron chi connectivity index (χ4n) is 2.29. The van der Waals surface area contributed by atoms with Crippen LogP contribution in [0.5, 0.6) is 0 Å². The zero-order chi connectivity index (χ0) is 14.2. The third kappa shape index (κ3) is 4.47. The predicted octanol–water partition coefficient (Wildman–Crippen LogP) is 2.25. The lowest BCUT2D eigenvalue weighted by Gasteiger charge is -2.21. The van der Waals surface area contributed by atoms with Crippen LogP contribution in [-0.2, 0) is 19.6 Å². The third-order valence-corrected chi connectivity index (χ3v) is 3.34. The molecule has 4 nitrogen and oxygen atoms in total. The summed E-state index contributed by atoms with van der Waals surface area (Å²) < 4.78 is 1.97. The topological polar surface area (TPSA) is 47.1 Å². The first kappa shape index (κ1) is 14.8. The summed E-state index contributed by atoms with van der Waals surface area (Å²) in [6.45, 7) is 6.66. The average Bonchev–Trinajstić information content (AvgIpc) is 2.93. The molecule has 0 aliphatic rings. The van der Waals surface area contributed by atoms with Crippen LogP contribution >= 0.6 is 0 Å². The molecule has 108 valence electrons. The van der Waals surface area contributed by atoms with Crippen LogP contribution in [-0.4, -0.2) is 27.8 Å². The molecule has 0 unspecified atom stereocenters. The molecule has 20 heavy (non-hydrogen) atoms. The summed E-state index contributed by atoms with van der Waals surface area (Å²) in [6.07, 6.45) is 5.11. The average molecular weight is 272 g/mol. The highest BCUT2D eigenvalue weighted by Crippen LogP contribution is 2.10. The Morgan fingerprint density at radius 1 is 1.15 bits per heavy atom. The van der Waals surface area contributed by atoms with Crippen LogP contribution in [0, 0.1) is 0 Å². The van der Waals surface area contributed by atoms with Crippen molar-refractivity contribution >= 4 is 0 Å². The van der Waals surface area contributed by atoms with E-state index in [-0.39, 0.29) is 0 Å². The van der Waals surface area contributed by atoms with Crippen LogP contribution in [0.15, 0.2) is 42.7 Å². The second-order valence-corrected chi connectivity index (χ2v) is 5.04. The summed E-state index contributed by atoms with van der Waals surface area (Å²) in [7, 11) is 0. The lowest BCUT2D eigenvalue weighted by molar-refractivity contribution is 0.255. The van der Waals surface area contributed by atoms with E-state index in [1.165, 1.54) is 11.1 Å². The van der Waals surface area contributed by atoms with Crippen molar-refractivity contribution in [3.63, 3.8) is 0 Å². The number of hydrogen-bond acceptors (Lipinski definition) is 3. The van der Waals surface area contributed by atoms with E-state index in [0.29, 0.717) is 0 Å². The van der Waals surface area contributed by atoms with Crippen LogP contribution in [0.25, 0.3) is 0 Å². The Kier molecular flexibility index (Phi) is 5.77. The Hall–Kier alpha value is -1.65. The summed E-state index contributed by atoms with van der Waals surface area (Å²) in [4.78, 5) is 2.43. The number of rotatable bonds is 8. The van der Waals surface area contributed by atoms with Gasteiger partial charge < -0.3 is 5.73 Å². The Bertz CT molecular complexity index is 492. The molecule has 0 saturated carbocycles. The van der Waals surface area contributed by atoms with E-state index < -0.39 is 0 Å². The Morgan fingerprint density at radius 2 is 1.90 bits per heavy atom. The molecule has 0 saturated heterocycles. The van der Waals surface area contributed by atoms with Gasteiger partial charge in [0.1, 0.15) is 0 Å².